The van der Waals surface area contributed by atoms with Crippen LogP contribution in [-0.4, -0.2) is 59.4 Å². The topological polar surface area (TPSA) is 77.9 Å². The second-order valence-electron chi connectivity index (χ2n) is 5.18. The number of hydrogen-bond donors (Lipinski definition) is 1. The Kier molecular flexibility index (Phi) is 6.52. The van der Waals surface area contributed by atoms with Gasteiger partial charge >= 0.3 is 5.97 Å². The van der Waals surface area contributed by atoms with E-state index < -0.39 is 11.4 Å². The Balaban J connectivity index is 4.51. The van der Waals surface area contributed by atoms with Crippen LogP contribution in [0.5, 0.6) is 0 Å². The van der Waals surface area contributed by atoms with Gasteiger partial charge < -0.3 is 14.9 Å². The standard InChI is InChI=1S/C13H24N2O4/c1-6-15(7-2)11(17)9-14(5)10(16)8-13(3,4)12(18)19/h6-9H2,1-5H3,(H,18,19). The monoisotopic (exact) mass is 272 g/mol. The summed E-state index contributed by atoms with van der Waals surface area (Å²) in [7, 11) is 1.52. The third-order valence-electron chi connectivity index (χ3n) is 3.09. The van der Waals surface area contributed by atoms with Gasteiger partial charge in [0, 0.05) is 26.6 Å². The molecule has 0 rings (SSSR count). The first-order valence-corrected chi connectivity index (χ1v) is 6.40. The lowest BCUT2D eigenvalue weighted by Gasteiger charge is -2.25. The van der Waals surface area contributed by atoms with Crippen molar-refractivity contribution in [1.82, 2.24) is 9.80 Å². The summed E-state index contributed by atoms with van der Waals surface area (Å²) >= 11 is 0. The molecule has 2 amide bonds. The Labute approximate surface area is 114 Å². The highest BCUT2D eigenvalue weighted by Crippen LogP contribution is 2.21. The number of aliphatic carboxylic acids is 1. The van der Waals surface area contributed by atoms with E-state index >= 15 is 0 Å². The van der Waals surface area contributed by atoms with E-state index in [-0.39, 0.29) is 24.8 Å². The van der Waals surface area contributed by atoms with E-state index in [0.29, 0.717) is 13.1 Å². The molecule has 0 bridgehead atoms. The first kappa shape index (κ1) is 17.4. The van der Waals surface area contributed by atoms with Crippen molar-refractivity contribution in [1.29, 1.82) is 0 Å². The maximum Gasteiger partial charge on any atom is 0.309 e. The number of carbonyl (C=O) groups excluding carboxylic acids is 2. The van der Waals surface area contributed by atoms with Crippen molar-refractivity contribution in [3.05, 3.63) is 0 Å². The summed E-state index contributed by atoms with van der Waals surface area (Å²) in [5.74, 6) is -1.49. The number of hydrogen-bond acceptors (Lipinski definition) is 3. The van der Waals surface area contributed by atoms with Crippen molar-refractivity contribution in [3.8, 4) is 0 Å². The van der Waals surface area contributed by atoms with E-state index in [1.807, 2.05) is 13.8 Å². The molecule has 0 saturated carbocycles. The molecular weight excluding hydrogens is 248 g/mol. The molecule has 6 nitrogen and oxygen atoms in total. The smallest absolute Gasteiger partial charge is 0.309 e. The number of carboxylic acid groups (broad SMARTS) is 1. The Hall–Kier alpha value is -1.59. The molecule has 110 valence electrons. The van der Waals surface area contributed by atoms with Crippen LogP contribution in [0.3, 0.4) is 0 Å². The molecule has 0 fully saturated rings. The molecule has 0 aromatic rings. The zero-order valence-corrected chi connectivity index (χ0v) is 12.4. The first-order valence-electron chi connectivity index (χ1n) is 6.40. The third-order valence-corrected chi connectivity index (χ3v) is 3.09. The van der Waals surface area contributed by atoms with Gasteiger partial charge in [0.15, 0.2) is 0 Å². The predicted molar refractivity (Wildman–Crippen MR) is 71.6 cm³/mol. The van der Waals surface area contributed by atoms with Crippen LogP contribution < -0.4 is 0 Å². The van der Waals surface area contributed by atoms with Crippen molar-refractivity contribution in [2.24, 2.45) is 5.41 Å². The van der Waals surface area contributed by atoms with Gasteiger partial charge in [-0.1, -0.05) is 0 Å². The molecule has 19 heavy (non-hydrogen) atoms. The summed E-state index contributed by atoms with van der Waals surface area (Å²) in [4.78, 5) is 37.6. The highest BCUT2D eigenvalue weighted by molar-refractivity contribution is 5.87. The lowest BCUT2D eigenvalue weighted by atomic mass is 9.89. The largest absolute Gasteiger partial charge is 0.481 e. The molecule has 0 aromatic carbocycles. The zero-order valence-electron chi connectivity index (χ0n) is 12.4. The van der Waals surface area contributed by atoms with E-state index in [1.54, 1.807) is 4.90 Å². The van der Waals surface area contributed by atoms with Gasteiger partial charge in [0.25, 0.3) is 0 Å². The van der Waals surface area contributed by atoms with Gasteiger partial charge in [-0.3, -0.25) is 14.4 Å². The minimum Gasteiger partial charge on any atom is -0.481 e. The zero-order chi connectivity index (χ0) is 15.2. The molecule has 0 aliphatic heterocycles. The Morgan fingerprint density at radius 2 is 1.53 bits per heavy atom. The normalized spacial score (nSPS) is 11.0. The van der Waals surface area contributed by atoms with E-state index in [9.17, 15) is 14.4 Å². The minimum atomic E-state index is -1.12. The van der Waals surface area contributed by atoms with Gasteiger partial charge in [-0.2, -0.15) is 0 Å². The van der Waals surface area contributed by atoms with Crippen molar-refractivity contribution >= 4 is 17.8 Å². The average Bonchev–Trinajstić information content (AvgIpc) is 2.29. The molecule has 0 heterocycles. The van der Waals surface area contributed by atoms with Gasteiger partial charge in [-0.15, -0.1) is 0 Å². The van der Waals surface area contributed by atoms with Crippen molar-refractivity contribution < 1.29 is 19.5 Å². The van der Waals surface area contributed by atoms with Crippen molar-refractivity contribution in [3.63, 3.8) is 0 Å². The quantitative estimate of drug-likeness (QED) is 0.744. The van der Waals surface area contributed by atoms with E-state index in [0.717, 1.165) is 0 Å². The minimum absolute atomic E-state index is 0.0176. The van der Waals surface area contributed by atoms with Crippen molar-refractivity contribution in [2.45, 2.75) is 34.1 Å². The molecule has 0 radical (unpaired) electrons. The van der Waals surface area contributed by atoms with Crippen LogP contribution in [0.15, 0.2) is 0 Å². The summed E-state index contributed by atoms with van der Waals surface area (Å²) in [6.07, 6.45) is -0.121. The fourth-order valence-corrected chi connectivity index (χ4v) is 1.56. The Morgan fingerprint density at radius 1 is 1.05 bits per heavy atom. The highest BCUT2D eigenvalue weighted by Gasteiger charge is 2.31. The third kappa shape index (κ3) is 5.28. The summed E-state index contributed by atoms with van der Waals surface area (Å²) in [6.45, 7) is 7.90. The van der Waals surface area contributed by atoms with Gasteiger partial charge in [0.05, 0.1) is 12.0 Å². The van der Waals surface area contributed by atoms with Crippen molar-refractivity contribution in [2.75, 3.05) is 26.7 Å². The number of rotatable bonds is 7. The second kappa shape index (κ2) is 7.11. The summed E-state index contributed by atoms with van der Waals surface area (Å²) in [5, 5.41) is 8.97. The van der Waals surface area contributed by atoms with E-state index in [2.05, 4.69) is 0 Å². The molecule has 0 aromatic heterocycles. The summed E-state index contributed by atoms with van der Waals surface area (Å²) in [6, 6.07) is 0. The van der Waals surface area contributed by atoms with Crippen LogP contribution in [0.1, 0.15) is 34.1 Å². The Bertz CT molecular complexity index is 349. The van der Waals surface area contributed by atoms with E-state index in [4.69, 9.17) is 5.11 Å². The number of nitrogens with zero attached hydrogens (tertiary/aromatic N) is 2. The molecule has 0 aliphatic carbocycles. The molecule has 0 unspecified atom stereocenters. The number of likely N-dealkylation sites (N-methyl/N-ethyl adjacent to an activating group) is 2. The van der Waals surface area contributed by atoms with Crippen LogP contribution in [0, 0.1) is 5.41 Å². The molecular formula is C13H24N2O4. The van der Waals surface area contributed by atoms with Crippen LogP contribution in [-0.2, 0) is 14.4 Å². The van der Waals surface area contributed by atoms with Crippen LogP contribution in [0.2, 0.25) is 0 Å². The molecule has 0 aliphatic rings. The second-order valence-corrected chi connectivity index (χ2v) is 5.18. The van der Waals surface area contributed by atoms with Gasteiger partial charge in [0.1, 0.15) is 0 Å². The SMILES string of the molecule is CCN(CC)C(=O)CN(C)C(=O)CC(C)(C)C(=O)O. The molecule has 1 N–H and O–H groups in total. The first-order chi connectivity index (χ1) is 8.65. The number of amides is 2. The predicted octanol–water partition coefficient (Wildman–Crippen LogP) is 0.814. The molecule has 0 saturated heterocycles. The Morgan fingerprint density at radius 3 is 1.89 bits per heavy atom. The number of carboxylic acids is 1. The summed E-state index contributed by atoms with van der Waals surface area (Å²) < 4.78 is 0. The lowest BCUT2D eigenvalue weighted by Crippen LogP contribution is -2.42. The average molecular weight is 272 g/mol. The maximum absolute atomic E-state index is 11.9. The van der Waals surface area contributed by atoms with Gasteiger partial charge in [-0.25, -0.2) is 0 Å². The van der Waals surface area contributed by atoms with Crippen LogP contribution in [0.4, 0.5) is 0 Å². The highest BCUT2D eigenvalue weighted by atomic mass is 16.4. The maximum atomic E-state index is 11.9. The number of carbonyl (C=O) groups is 3. The molecule has 0 spiro atoms. The van der Waals surface area contributed by atoms with Crippen LogP contribution >= 0.6 is 0 Å². The van der Waals surface area contributed by atoms with E-state index in [1.165, 1.54) is 25.8 Å². The fraction of sp³-hybridized carbons (Fsp3) is 0.769. The van der Waals surface area contributed by atoms with Gasteiger partial charge in [0.2, 0.25) is 11.8 Å². The molecule has 6 heteroatoms. The van der Waals surface area contributed by atoms with Gasteiger partial charge in [-0.05, 0) is 27.7 Å². The van der Waals surface area contributed by atoms with Crippen LogP contribution in [0.25, 0.3) is 0 Å². The molecule has 0 atom stereocenters. The fourth-order valence-electron chi connectivity index (χ4n) is 1.56. The summed E-state index contributed by atoms with van der Waals surface area (Å²) in [5.41, 5.74) is -1.12. The lowest BCUT2D eigenvalue weighted by molar-refractivity contribution is -0.151.